The summed E-state index contributed by atoms with van der Waals surface area (Å²) in [6.45, 7) is 4.53. The number of thioether (sulfide) groups is 2. The quantitative estimate of drug-likeness (QED) is 0.458. The van der Waals surface area contributed by atoms with Gasteiger partial charge in [-0.25, -0.2) is 4.98 Å². The Hall–Kier alpha value is -2.51. The number of amides is 1. The van der Waals surface area contributed by atoms with Gasteiger partial charge in [-0.2, -0.15) is 0 Å². The van der Waals surface area contributed by atoms with Gasteiger partial charge in [0.2, 0.25) is 5.91 Å². The standard InChI is InChI=1S/C23H23N3O2S2/c1-15-7-6-10-18(11-15)24-20(27)14-29-23-25-19-12-16(2)30-21(19)22(28)26(23)13-17-8-4-3-5-9-17/h3-11,16H,12-14H2,1-2H3,(H,24,27)/t16-/m0/s1. The molecule has 0 saturated carbocycles. The Bertz CT molecular complexity index is 1130. The van der Waals surface area contributed by atoms with Crippen LogP contribution in [0.15, 0.2) is 69.4 Å². The molecule has 0 fully saturated rings. The van der Waals surface area contributed by atoms with Crippen LogP contribution in [-0.4, -0.2) is 26.5 Å². The molecule has 0 bridgehead atoms. The highest BCUT2D eigenvalue weighted by atomic mass is 32.2. The molecule has 2 aromatic carbocycles. The van der Waals surface area contributed by atoms with Gasteiger partial charge in [0, 0.05) is 17.4 Å². The third-order valence-electron chi connectivity index (χ3n) is 4.78. The number of hydrogen-bond acceptors (Lipinski definition) is 5. The van der Waals surface area contributed by atoms with Crippen molar-refractivity contribution in [3.8, 4) is 0 Å². The second-order valence-electron chi connectivity index (χ2n) is 7.39. The largest absolute Gasteiger partial charge is 0.325 e. The van der Waals surface area contributed by atoms with Gasteiger partial charge in [0.15, 0.2) is 5.16 Å². The minimum absolute atomic E-state index is 0.0141. The maximum Gasteiger partial charge on any atom is 0.268 e. The van der Waals surface area contributed by atoms with E-state index in [1.165, 1.54) is 11.8 Å². The summed E-state index contributed by atoms with van der Waals surface area (Å²) >= 11 is 2.90. The molecule has 0 spiro atoms. The van der Waals surface area contributed by atoms with Crippen LogP contribution in [0, 0.1) is 6.92 Å². The van der Waals surface area contributed by atoms with E-state index in [1.807, 2.05) is 61.5 Å². The summed E-state index contributed by atoms with van der Waals surface area (Å²) < 4.78 is 1.70. The van der Waals surface area contributed by atoms with Gasteiger partial charge in [0.1, 0.15) is 0 Å². The summed E-state index contributed by atoms with van der Waals surface area (Å²) in [5.74, 6) is 0.0748. The number of aromatic nitrogens is 2. The molecule has 0 radical (unpaired) electrons. The van der Waals surface area contributed by atoms with Gasteiger partial charge in [-0.3, -0.25) is 14.2 Å². The summed E-state index contributed by atoms with van der Waals surface area (Å²) in [5, 5.41) is 3.85. The zero-order chi connectivity index (χ0) is 21.1. The van der Waals surface area contributed by atoms with Crippen LogP contribution >= 0.6 is 23.5 Å². The van der Waals surface area contributed by atoms with Crippen molar-refractivity contribution in [1.29, 1.82) is 0 Å². The number of aryl methyl sites for hydroxylation is 1. The van der Waals surface area contributed by atoms with Crippen molar-refractivity contribution in [3.05, 3.63) is 81.8 Å². The molecular formula is C23H23N3O2S2. The molecule has 4 rings (SSSR count). The van der Waals surface area contributed by atoms with Gasteiger partial charge in [-0.05, 0) is 30.2 Å². The van der Waals surface area contributed by atoms with Crippen molar-refractivity contribution < 1.29 is 4.79 Å². The first kappa shape index (κ1) is 20.8. The van der Waals surface area contributed by atoms with Gasteiger partial charge in [-0.15, -0.1) is 11.8 Å². The van der Waals surface area contributed by atoms with Crippen LogP contribution in [0.25, 0.3) is 0 Å². The molecule has 1 atom stereocenters. The minimum Gasteiger partial charge on any atom is -0.325 e. The molecule has 1 aliphatic rings. The molecule has 0 saturated heterocycles. The van der Waals surface area contributed by atoms with E-state index in [4.69, 9.17) is 4.98 Å². The number of carbonyl (C=O) groups is 1. The van der Waals surface area contributed by atoms with E-state index in [0.717, 1.165) is 33.8 Å². The fraction of sp³-hybridized carbons (Fsp3) is 0.261. The van der Waals surface area contributed by atoms with Crippen LogP contribution in [0.2, 0.25) is 0 Å². The van der Waals surface area contributed by atoms with Crippen molar-refractivity contribution in [2.24, 2.45) is 0 Å². The second kappa shape index (κ2) is 9.10. The van der Waals surface area contributed by atoms with Crippen LogP contribution in [0.5, 0.6) is 0 Å². The summed E-state index contributed by atoms with van der Waals surface area (Å²) in [5.41, 5.74) is 3.73. The lowest BCUT2D eigenvalue weighted by atomic mass is 10.2. The monoisotopic (exact) mass is 437 g/mol. The second-order valence-corrected chi connectivity index (χ2v) is 9.78. The first-order valence-electron chi connectivity index (χ1n) is 9.83. The van der Waals surface area contributed by atoms with Crippen LogP contribution in [0.1, 0.15) is 23.7 Å². The molecule has 2 heterocycles. The number of nitrogens with zero attached hydrogens (tertiary/aromatic N) is 2. The number of carbonyl (C=O) groups excluding carboxylic acids is 1. The topological polar surface area (TPSA) is 64.0 Å². The predicted molar refractivity (Wildman–Crippen MR) is 124 cm³/mol. The normalized spacial score (nSPS) is 15.1. The summed E-state index contributed by atoms with van der Waals surface area (Å²) in [4.78, 5) is 31.2. The number of benzene rings is 2. The fourth-order valence-corrected chi connectivity index (χ4v) is 5.33. The Kier molecular flexibility index (Phi) is 6.29. The van der Waals surface area contributed by atoms with Gasteiger partial charge in [0.05, 0.1) is 22.9 Å². The molecule has 1 aromatic heterocycles. The predicted octanol–water partition coefficient (Wildman–Crippen LogP) is 4.37. The average Bonchev–Trinajstić information content (AvgIpc) is 3.10. The SMILES string of the molecule is Cc1cccc(NC(=O)CSc2nc3c(c(=O)n2Cc2ccccc2)S[C@@H](C)C3)c1. The van der Waals surface area contributed by atoms with Gasteiger partial charge >= 0.3 is 0 Å². The first-order chi connectivity index (χ1) is 14.5. The number of anilines is 1. The molecule has 154 valence electrons. The summed E-state index contributed by atoms with van der Waals surface area (Å²) in [6, 6.07) is 17.6. The molecule has 1 aliphatic heterocycles. The number of fused-ring (bicyclic) bond motifs is 1. The zero-order valence-electron chi connectivity index (χ0n) is 16.9. The van der Waals surface area contributed by atoms with Crippen molar-refractivity contribution in [1.82, 2.24) is 9.55 Å². The van der Waals surface area contributed by atoms with E-state index in [1.54, 1.807) is 16.3 Å². The fourth-order valence-electron chi connectivity index (χ4n) is 3.40. The third-order valence-corrected chi connectivity index (χ3v) is 6.97. The highest BCUT2D eigenvalue weighted by Crippen LogP contribution is 2.34. The lowest BCUT2D eigenvalue weighted by Gasteiger charge is -2.14. The lowest BCUT2D eigenvalue weighted by Crippen LogP contribution is -2.26. The van der Waals surface area contributed by atoms with E-state index in [-0.39, 0.29) is 17.2 Å². The Morgan fingerprint density at radius 1 is 1.23 bits per heavy atom. The molecule has 1 amide bonds. The Labute approximate surface area is 184 Å². The smallest absolute Gasteiger partial charge is 0.268 e. The first-order valence-corrected chi connectivity index (χ1v) is 11.7. The molecule has 30 heavy (non-hydrogen) atoms. The van der Waals surface area contributed by atoms with Gasteiger partial charge < -0.3 is 5.32 Å². The maximum absolute atomic E-state index is 13.2. The number of nitrogens with one attached hydrogen (secondary N) is 1. The molecule has 0 aliphatic carbocycles. The van der Waals surface area contributed by atoms with E-state index in [2.05, 4.69) is 12.2 Å². The highest BCUT2D eigenvalue weighted by molar-refractivity contribution is 8.00. The highest BCUT2D eigenvalue weighted by Gasteiger charge is 2.26. The summed E-state index contributed by atoms with van der Waals surface area (Å²) in [7, 11) is 0. The van der Waals surface area contributed by atoms with E-state index < -0.39 is 0 Å². The minimum atomic E-state index is -0.116. The van der Waals surface area contributed by atoms with Crippen molar-refractivity contribution >= 4 is 35.1 Å². The van der Waals surface area contributed by atoms with Crippen molar-refractivity contribution in [2.75, 3.05) is 11.1 Å². The third kappa shape index (κ3) is 4.79. The molecule has 7 heteroatoms. The Morgan fingerprint density at radius 2 is 2.03 bits per heavy atom. The van der Waals surface area contributed by atoms with Crippen LogP contribution in [0.4, 0.5) is 5.69 Å². The van der Waals surface area contributed by atoms with Crippen LogP contribution in [-0.2, 0) is 17.8 Å². The van der Waals surface area contributed by atoms with Gasteiger partial charge in [0.25, 0.3) is 5.56 Å². The Morgan fingerprint density at radius 3 is 2.80 bits per heavy atom. The number of rotatable bonds is 6. The lowest BCUT2D eigenvalue weighted by molar-refractivity contribution is -0.113. The van der Waals surface area contributed by atoms with Crippen LogP contribution in [0.3, 0.4) is 0 Å². The van der Waals surface area contributed by atoms with Crippen LogP contribution < -0.4 is 10.9 Å². The zero-order valence-corrected chi connectivity index (χ0v) is 18.6. The molecule has 5 nitrogen and oxygen atoms in total. The average molecular weight is 438 g/mol. The number of hydrogen-bond donors (Lipinski definition) is 1. The Balaban J connectivity index is 1.57. The van der Waals surface area contributed by atoms with E-state index in [9.17, 15) is 9.59 Å². The summed E-state index contributed by atoms with van der Waals surface area (Å²) in [6.07, 6.45) is 0.782. The van der Waals surface area contributed by atoms with E-state index in [0.29, 0.717) is 17.0 Å². The van der Waals surface area contributed by atoms with Gasteiger partial charge in [-0.1, -0.05) is 61.2 Å². The molecule has 3 aromatic rings. The van der Waals surface area contributed by atoms with Crippen molar-refractivity contribution in [3.63, 3.8) is 0 Å². The molecule has 0 unspecified atom stereocenters. The maximum atomic E-state index is 13.2. The van der Waals surface area contributed by atoms with Crippen molar-refractivity contribution in [2.45, 2.75) is 42.1 Å². The van der Waals surface area contributed by atoms with E-state index >= 15 is 0 Å². The molecule has 1 N–H and O–H groups in total. The molecular weight excluding hydrogens is 414 g/mol.